The van der Waals surface area contributed by atoms with Gasteiger partial charge in [0, 0.05) is 15.5 Å². The van der Waals surface area contributed by atoms with Gasteiger partial charge in [-0.2, -0.15) is 0 Å². The van der Waals surface area contributed by atoms with E-state index in [0.29, 0.717) is 22.4 Å². The third kappa shape index (κ3) is 3.65. The zero-order valence-electron chi connectivity index (χ0n) is 10.9. The normalized spacial score (nSPS) is 10.8. The van der Waals surface area contributed by atoms with Crippen LogP contribution in [0.4, 0.5) is 4.39 Å². The first-order chi connectivity index (χ1) is 10.2. The molecule has 0 bridgehead atoms. The van der Waals surface area contributed by atoms with Crippen molar-refractivity contribution in [1.29, 1.82) is 0 Å². The minimum Gasteiger partial charge on any atom is -0.440 e. The van der Waals surface area contributed by atoms with Crippen molar-refractivity contribution in [2.24, 2.45) is 0 Å². The van der Waals surface area contributed by atoms with Crippen LogP contribution in [0, 0.1) is 5.82 Å². The summed E-state index contributed by atoms with van der Waals surface area (Å²) in [5, 5.41) is 0.717. The fourth-order valence-corrected chi connectivity index (χ4v) is 2.68. The van der Waals surface area contributed by atoms with E-state index >= 15 is 0 Å². The summed E-state index contributed by atoms with van der Waals surface area (Å²) in [5.41, 5.74) is 0.812. The quantitative estimate of drug-likeness (QED) is 0.600. The molecule has 1 aromatic heterocycles. The first-order valence-corrected chi connectivity index (χ1v) is 7.66. The van der Waals surface area contributed by atoms with Crippen molar-refractivity contribution in [3.8, 4) is 11.3 Å². The standard InChI is InChI=1S/C16H11ClFNOS/c17-12-3-7-14(8-4-12)21-10-16-19-9-15(20-16)11-1-5-13(18)6-2-11/h1-9H,10H2. The summed E-state index contributed by atoms with van der Waals surface area (Å²) in [6.07, 6.45) is 1.66. The summed E-state index contributed by atoms with van der Waals surface area (Å²) < 4.78 is 18.6. The molecule has 0 fully saturated rings. The van der Waals surface area contributed by atoms with Crippen LogP contribution in [0.25, 0.3) is 11.3 Å². The lowest BCUT2D eigenvalue weighted by atomic mass is 10.2. The van der Waals surface area contributed by atoms with Crippen LogP contribution < -0.4 is 0 Å². The van der Waals surface area contributed by atoms with Gasteiger partial charge in [0.1, 0.15) is 5.82 Å². The Balaban J connectivity index is 1.67. The van der Waals surface area contributed by atoms with Crippen molar-refractivity contribution in [2.45, 2.75) is 10.6 Å². The van der Waals surface area contributed by atoms with Gasteiger partial charge >= 0.3 is 0 Å². The molecule has 21 heavy (non-hydrogen) atoms. The van der Waals surface area contributed by atoms with Crippen LogP contribution in [0.3, 0.4) is 0 Å². The number of thioether (sulfide) groups is 1. The molecule has 5 heteroatoms. The average Bonchev–Trinajstić information content (AvgIpc) is 2.96. The van der Waals surface area contributed by atoms with Crippen LogP contribution in [0.5, 0.6) is 0 Å². The van der Waals surface area contributed by atoms with E-state index in [-0.39, 0.29) is 5.82 Å². The lowest BCUT2D eigenvalue weighted by Gasteiger charge is -1.99. The summed E-state index contributed by atoms with van der Waals surface area (Å²) >= 11 is 7.46. The molecule has 3 rings (SSSR count). The number of hydrogen-bond donors (Lipinski definition) is 0. The van der Waals surface area contributed by atoms with Crippen LogP contribution >= 0.6 is 23.4 Å². The Bertz CT molecular complexity index is 725. The van der Waals surface area contributed by atoms with E-state index < -0.39 is 0 Å². The molecule has 0 N–H and O–H groups in total. The smallest absolute Gasteiger partial charge is 0.205 e. The molecular formula is C16H11ClFNOS. The minimum absolute atomic E-state index is 0.267. The van der Waals surface area contributed by atoms with Crippen molar-refractivity contribution >= 4 is 23.4 Å². The van der Waals surface area contributed by atoms with Gasteiger partial charge in [-0.05, 0) is 48.5 Å². The zero-order chi connectivity index (χ0) is 14.7. The molecule has 0 radical (unpaired) electrons. The molecule has 0 saturated carbocycles. The fourth-order valence-electron chi connectivity index (χ4n) is 1.80. The average molecular weight is 320 g/mol. The monoisotopic (exact) mass is 319 g/mol. The molecule has 0 amide bonds. The van der Waals surface area contributed by atoms with Gasteiger partial charge in [0.05, 0.1) is 11.9 Å². The lowest BCUT2D eigenvalue weighted by Crippen LogP contribution is -1.79. The molecule has 0 saturated heterocycles. The number of benzene rings is 2. The van der Waals surface area contributed by atoms with Crippen LogP contribution in [-0.2, 0) is 5.75 Å². The highest BCUT2D eigenvalue weighted by Gasteiger charge is 2.07. The summed E-state index contributed by atoms with van der Waals surface area (Å²) in [5.74, 6) is 1.63. The second kappa shape index (κ2) is 6.33. The van der Waals surface area contributed by atoms with Gasteiger partial charge in [-0.15, -0.1) is 11.8 Å². The molecule has 106 valence electrons. The molecule has 0 aliphatic heterocycles. The molecule has 2 aromatic carbocycles. The predicted molar refractivity (Wildman–Crippen MR) is 82.9 cm³/mol. The maximum atomic E-state index is 12.9. The lowest BCUT2D eigenvalue weighted by molar-refractivity contribution is 0.530. The third-order valence-corrected chi connectivity index (χ3v) is 4.11. The van der Waals surface area contributed by atoms with Crippen molar-refractivity contribution < 1.29 is 8.81 Å². The Kier molecular flexibility index (Phi) is 4.27. The third-order valence-electron chi connectivity index (χ3n) is 2.86. The maximum Gasteiger partial charge on any atom is 0.205 e. The first kappa shape index (κ1) is 14.2. The minimum atomic E-state index is -0.267. The summed E-state index contributed by atoms with van der Waals surface area (Å²) in [7, 11) is 0. The van der Waals surface area contributed by atoms with Gasteiger partial charge in [0.15, 0.2) is 5.76 Å². The van der Waals surface area contributed by atoms with Crippen molar-refractivity contribution in [3.63, 3.8) is 0 Å². The first-order valence-electron chi connectivity index (χ1n) is 6.30. The van der Waals surface area contributed by atoms with E-state index in [1.165, 1.54) is 12.1 Å². The summed E-state index contributed by atoms with van der Waals surface area (Å²) in [4.78, 5) is 5.34. The topological polar surface area (TPSA) is 26.0 Å². The van der Waals surface area contributed by atoms with E-state index in [1.54, 1.807) is 30.1 Å². The molecule has 0 spiro atoms. The molecule has 0 unspecified atom stereocenters. The zero-order valence-corrected chi connectivity index (χ0v) is 12.5. The predicted octanol–water partition coefficient (Wildman–Crippen LogP) is 5.43. The molecule has 0 aliphatic carbocycles. The summed E-state index contributed by atoms with van der Waals surface area (Å²) in [6, 6.07) is 13.8. The number of aromatic nitrogens is 1. The van der Waals surface area contributed by atoms with Crippen molar-refractivity contribution in [3.05, 3.63) is 71.5 Å². The van der Waals surface area contributed by atoms with Crippen LogP contribution in [0.2, 0.25) is 5.02 Å². The van der Waals surface area contributed by atoms with Crippen LogP contribution in [0.1, 0.15) is 5.89 Å². The Labute approximate surface area is 131 Å². The highest BCUT2D eigenvalue weighted by atomic mass is 35.5. The van der Waals surface area contributed by atoms with Gasteiger partial charge in [-0.1, -0.05) is 11.6 Å². The Morgan fingerprint density at radius 1 is 1.05 bits per heavy atom. The largest absolute Gasteiger partial charge is 0.440 e. The molecule has 3 aromatic rings. The van der Waals surface area contributed by atoms with Gasteiger partial charge in [0.25, 0.3) is 0 Å². The van der Waals surface area contributed by atoms with Gasteiger partial charge in [-0.25, -0.2) is 9.37 Å². The molecule has 0 aliphatic rings. The highest BCUT2D eigenvalue weighted by Crippen LogP contribution is 2.26. The van der Waals surface area contributed by atoms with Crippen molar-refractivity contribution in [1.82, 2.24) is 4.98 Å². The van der Waals surface area contributed by atoms with Gasteiger partial charge in [0.2, 0.25) is 5.89 Å². The van der Waals surface area contributed by atoms with E-state index in [1.807, 2.05) is 24.3 Å². The number of hydrogen-bond acceptors (Lipinski definition) is 3. The highest BCUT2D eigenvalue weighted by molar-refractivity contribution is 7.98. The second-order valence-corrected chi connectivity index (χ2v) is 5.85. The Morgan fingerprint density at radius 2 is 1.76 bits per heavy atom. The molecule has 2 nitrogen and oxygen atoms in total. The fraction of sp³-hybridized carbons (Fsp3) is 0.0625. The van der Waals surface area contributed by atoms with Crippen LogP contribution in [0.15, 0.2) is 64.0 Å². The molecule has 0 atom stereocenters. The molecule has 1 heterocycles. The number of halogens is 2. The van der Waals surface area contributed by atoms with Crippen molar-refractivity contribution in [2.75, 3.05) is 0 Å². The summed E-state index contributed by atoms with van der Waals surface area (Å²) in [6.45, 7) is 0. The van der Waals surface area contributed by atoms with E-state index in [4.69, 9.17) is 16.0 Å². The van der Waals surface area contributed by atoms with Crippen LogP contribution in [-0.4, -0.2) is 4.98 Å². The second-order valence-electron chi connectivity index (χ2n) is 4.37. The van der Waals surface area contributed by atoms with E-state index in [2.05, 4.69) is 4.98 Å². The number of nitrogens with zero attached hydrogens (tertiary/aromatic N) is 1. The Morgan fingerprint density at radius 3 is 2.48 bits per heavy atom. The molecular weight excluding hydrogens is 309 g/mol. The van der Waals surface area contributed by atoms with Gasteiger partial charge < -0.3 is 4.42 Å². The van der Waals surface area contributed by atoms with E-state index in [0.717, 1.165) is 10.5 Å². The Hall–Kier alpha value is -1.78. The van der Waals surface area contributed by atoms with Gasteiger partial charge in [-0.3, -0.25) is 0 Å². The maximum absolute atomic E-state index is 12.9. The van der Waals surface area contributed by atoms with E-state index in [9.17, 15) is 4.39 Å². The SMILES string of the molecule is Fc1ccc(-c2cnc(CSc3ccc(Cl)cc3)o2)cc1. The number of rotatable bonds is 4. The number of oxazole rings is 1.